The molecule has 19 heavy (non-hydrogen) atoms. The van der Waals surface area contributed by atoms with Crippen LogP contribution in [0.3, 0.4) is 0 Å². The number of rotatable bonds is 4. The molecule has 0 aliphatic carbocycles. The molecule has 0 atom stereocenters. The van der Waals surface area contributed by atoms with E-state index < -0.39 is 0 Å². The van der Waals surface area contributed by atoms with Gasteiger partial charge in [-0.05, 0) is 42.2 Å². The van der Waals surface area contributed by atoms with Gasteiger partial charge in [0.2, 0.25) is 0 Å². The summed E-state index contributed by atoms with van der Waals surface area (Å²) in [4.78, 5) is 0. The van der Waals surface area contributed by atoms with Crippen molar-refractivity contribution in [1.82, 2.24) is 0 Å². The summed E-state index contributed by atoms with van der Waals surface area (Å²) in [6.45, 7) is 4.91. The van der Waals surface area contributed by atoms with E-state index in [9.17, 15) is 0 Å². The summed E-state index contributed by atoms with van der Waals surface area (Å²) >= 11 is 0. The Kier molecular flexibility index (Phi) is 4.20. The molecule has 0 amide bonds. The van der Waals surface area contributed by atoms with Crippen molar-refractivity contribution >= 4 is 5.69 Å². The molecule has 2 aromatic rings. The molecule has 2 heteroatoms. The van der Waals surface area contributed by atoms with Gasteiger partial charge in [0.15, 0.2) is 0 Å². The summed E-state index contributed by atoms with van der Waals surface area (Å²) in [5, 5.41) is 12.5. The van der Waals surface area contributed by atoms with Crippen LogP contribution in [-0.2, 0) is 13.0 Å². The molecule has 0 saturated carbocycles. The van der Waals surface area contributed by atoms with Crippen LogP contribution in [0.4, 0.5) is 5.69 Å². The number of nitrogens with one attached hydrogen (secondary N) is 1. The summed E-state index contributed by atoms with van der Waals surface area (Å²) in [7, 11) is 0. The second-order valence-electron chi connectivity index (χ2n) is 4.64. The van der Waals surface area contributed by atoms with E-state index in [4.69, 9.17) is 5.26 Å². The Balaban J connectivity index is 2.17. The molecular formula is C17H18N2. The molecule has 0 saturated heterocycles. The average molecular weight is 250 g/mol. The molecule has 0 aliphatic heterocycles. The van der Waals surface area contributed by atoms with E-state index in [1.54, 1.807) is 0 Å². The Hall–Kier alpha value is -2.27. The quantitative estimate of drug-likeness (QED) is 0.888. The van der Waals surface area contributed by atoms with E-state index in [2.05, 4.69) is 42.6 Å². The van der Waals surface area contributed by atoms with Crippen molar-refractivity contribution in [2.75, 3.05) is 5.32 Å². The largest absolute Gasteiger partial charge is 0.380 e. The molecule has 0 bridgehead atoms. The van der Waals surface area contributed by atoms with Crippen LogP contribution in [0.2, 0.25) is 0 Å². The van der Waals surface area contributed by atoms with Crippen LogP contribution in [0, 0.1) is 18.3 Å². The topological polar surface area (TPSA) is 35.8 Å². The summed E-state index contributed by atoms with van der Waals surface area (Å²) in [6.07, 6.45) is 1.02. The zero-order chi connectivity index (χ0) is 13.7. The highest BCUT2D eigenvalue weighted by Crippen LogP contribution is 2.18. The maximum atomic E-state index is 9.15. The van der Waals surface area contributed by atoms with Gasteiger partial charge in [-0.15, -0.1) is 0 Å². The lowest BCUT2D eigenvalue weighted by Gasteiger charge is -2.11. The van der Waals surface area contributed by atoms with Gasteiger partial charge in [0.1, 0.15) is 6.07 Å². The van der Waals surface area contributed by atoms with Crippen molar-refractivity contribution in [3.8, 4) is 6.07 Å². The Morgan fingerprint density at radius 3 is 2.53 bits per heavy atom. The summed E-state index contributed by atoms with van der Waals surface area (Å²) in [6, 6.07) is 16.5. The van der Waals surface area contributed by atoms with E-state index in [0.29, 0.717) is 5.56 Å². The third-order valence-corrected chi connectivity index (χ3v) is 3.26. The maximum Gasteiger partial charge on any atom is 0.101 e. The third kappa shape index (κ3) is 3.14. The number of nitriles is 1. The first kappa shape index (κ1) is 13.2. The number of nitrogens with zero attached hydrogens (tertiary/aromatic N) is 1. The van der Waals surface area contributed by atoms with Crippen LogP contribution < -0.4 is 5.32 Å². The highest BCUT2D eigenvalue weighted by Gasteiger charge is 2.03. The van der Waals surface area contributed by atoms with Crippen molar-refractivity contribution in [3.05, 3.63) is 64.7 Å². The van der Waals surface area contributed by atoms with Crippen molar-refractivity contribution in [2.24, 2.45) is 0 Å². The van der Waals surface area contributed by atoms with Crippen molar-refractivity contribution < 1.29 is 0 Å². The van der Waals surface area contributed by atoms with Crippen LogP contribution >= 0.6 is 0 Å². The zero-order valence-corrected chi connectivity index (χ0v) is 11.4. The molecule has 0 unspecified atom stereocenters. The number of hydrogen-bond acceptors (Lipinski definition) is 2. The lowest BCUT2D eigenvalue weighted by molar-refractivity contribution is 1.04. The van der Waals surface area contributed by atoms with Gasteiger partial charge in [0.25, 0.3) is 0 Å². The Morgan fingerprint density at radius 2 is 1.84 bits per heavy atom. The predicted molar refractivity (Wildman–Crippen MR) is 79.0 cm³/mol. The molecule has 0 aliphatic rings. The van der Waals surface area contributed by atoms with Crippen molar-refractivity contribution in [3.63, 3.8) is 0 Å². The Morgan fingerprint density at radius 1 is 1.11 bits per heavy atom. The Labute approximate surface area is 114 Å². The first-order valence-corrected chi connectivity index (χ1v) is 6.56. The van der Waals surface area contributed by atoms with Crippen LogP contribution in [0.5, 0.6) is 0 Å². The second kappa shape index (κ2) is 6.06. The predicted octanol–water partition coefficient (Wildman–Crippen LogP) is 4.04. The highest BCUT2D eigenvalue weighted by molar-refractivity contribution is 5.58. The molecule has 2 aromatic carbocycles. The lowest BCUT2D eigenvalue weighted by atomic mass is 10.0. The maximum absolute atomic E-state index is 9.15. The standard InChI is InChI=1S/C17H18N2/c1-3-14-6-4-5-7-15(14)12-19-17-9-8-13(2)10-16(17)11-18/h4-10,19H,3,12H2,1-2H3. The SMILES string of the molecule is CCc1ccccc1CNc1ccc(C)cc1C#N. The number of hydrogen-bond donors (Lipinski definition) is 1. The van der Waals surface area contributed by atoms with Gasteiger partial charge < -0.3 is 5.32 Å². The molecule has 0 fully saturated rings. The molecule has 0 radical (unpaired) electrons. The van der Waals surface area contributed by atoms with Gasteiger partial charge in [0, 0.05) is 6.54 Å². The fraction of sp³-hybridized carbons (Fsp3) is 0.235. The second-order valence-corrected chi connectivity index (χ2v) is 4.64. The van der Waals surface area contributed by atoms with E-state index in [0.717, 1.165) is 24.2 Å². The fourth-order valence-corrected chi connectivity index (χ4v) is 2.17. The number of aryl methyl sites for hydroxylation is 2. The smallest absolute Gasteiger partial charge is 0.101 e. The van der Waals surface area contributed by atoms with Crippen LogP contribution in [-0.4, -0.2) is 0 Å². The van der Waals surface area contributed by atoms with Crippen LogP contribution in [0.25, 0.3) is 0 Å². The van der Waals surface area contributed by atoms with Gasteiger partial charge in [-0.25, -0.2) is 0 Å². The first-order valence-electron chi connectivity index (χ1n) is 6.56. The fourth-order valence-electron chi connectivity index (χ4n) is 2.17. The lowest BCUT2D eigenvalue weighted by Crippen LogP contribution is -2.04. The first-order chi connectivity index (χ1) is 9.24. The minimum atomic E-state index is 0.703. The number of benzene rings is 2. The van der Waals surface area contributed by atoms with E-state index >= 15 is 0 Å². The molecule has 0 heterocycles. The van der Waals surface area contributed by atoms with Crippen molar-refractivity contribution in [2.45, 2.75) is 26.8 Å². The number of anilines is 1. The van der Waals surface area contributed by atoms with E-state index in [1.165, 1.54) is 11.1 Å². The van der Waals surface area contributed by atoms with Crippen LogP contribution in [0.1, 0.15) is 29.2 Å². The third-order valence-electron chi connectivity index (χ3n) is 3.26. The molecule has 96 valence electrons. The molecule has 0 aromatic heterocycles. The monoisotopic (exact) mass is 250 g/mol. The molecule has 2 rings (SSSR count). The van der Waals surface area contributed by atoms with Gasteiger partial charge in [0.05, 0.1) is 11.3 Å². The van der Waals surface area contributed by atoms with Gasteiger partial charge in [-0.1, -0.05) is 37.3 Å². The minimum Gasteiger partial charge on any atom is -0.380 e. The highest BCUT2D eigenvalue weighted by atomic mass is 14.9. The van der Waals surface area contributed by atoms with E-state index in [1.807, 2.05) is 25.1 Å². The van der Waals surface area contributed by atoms with Gasteiger partial charge >= 0.3 is 0 Å². The summed E-state index contributed by atoms with van der Waals surface area (Å²) in [5.41, 5.74) is 5.35. The van der Waals surface area contributed by atoms with E-state index in [-0.39, 0.29) is 0 Å². The molecule has 0 spiro atoms. The summed E-state index contributed by atoms with van der Waals surface area (Å²) < 4.78 is 0. The van der Waals surface area contributed by atoms with Gasteiger partial charge in [-0.2, -0.15) is 5.26 Å². The molecule has 1 N–H and O–H groups in total. The summed E-state index contributed by atoms with van der Waals surface area (Å²) in [5.74, 6) is 0. The normalized spacial score (nSPS) is 9.95. The van der Waals surface area contributed by atoms with Crippen molar-refractivity contribution in [1.29, 1.82) is 5.26 Å². The van der Waals surface area contributed by atoms with Gasteiger partial charge in [-0.3, -0.25) is 0 Å². The molecular weight excluding hydrogens is 232 g/mol. The molecule has 2 nitrogen and oxygen atoms in total. The zero-order valence-electron chi connectivity index (χ0n) is 11.4. The minimum absolute atomic E-state index is 0.703. The van der Waals surface area contributed by atoms with Crippen LogP contribution in [0.15, 0.2) is 42.5 Å². The Bertz CT molecular complexity index is 609. The average Bonchev–Trinajstić information content (AvgIpc) is 2.46.